The Bertz CT molecular complexity index is 1460. The number of esters is 3. The summed E-state index contributed by atoms with van der Waals surface area (Å²) in [5.74, 6) is -0.864. The van der Waals surface area contributed by atoms with Crippen molar-refractivity contribution in [3.05, 3.63) is 60.8 Å². The lowest BCUT2D eigenvalue weighted by molar-refractivity contribution is -0.167. The largest absolute Gasteiger partial charge is 0.462 e. The van der Waals surface area contributed by atoms with Gasteiger partial charge in [0.25, 0.3) is 0 Å². The second kappa shape index (κ2) is 70.6. The van der Waals surface area contributed by atoms with E-state index < -0.39 is 6.10 Å². The number of hydrogen-bond donors (Lipinski definition) is 0. The average Bonchev–Trinajstić information content (AvgIpc) is 3.47. The fourth-order valence-electron chi connectivity index (χ4n) is 10.8. The number of hydrogen-bond acceptors (Lipinski definition) is 6. The van der Waals surface area contributed by atoms with Crippen molar-refractivity contribution >= 4 is 17.9 Å². The lowest BCUT2D eigenvalue weighted by Crippen LogP contribution is -2.30. The molecule has 0 aromatic carbocycles. The Morgan fingerprint density at radius 2 is 0.476 bits per heavy atom. The van der Waals surface area contributed by atoms with Gasteiger partial charge < -0.3 is 14.2 Å². The van der Waals surface area contributed by atoms with Crippen LogP contribution in [0.1, 0.15) is 387 Å². The molecule has 478 valence electrons. The lowest BCUT2D eigenvalue weighted by atomic mass is 10.0. The van der Waals surface area contributed by atoms with Gasteiger partial charge in [-0.15, -0.1) is 0 Å². The summed E-state index contributed by atoms with van der Waals surface area (Å²) in [6.45, 7) is 6.58. The number of unbranched alkanes of at least 4 members (excludes halogenated alkanes) is 46. The monoisotopic (exact) mass is 1150 g/mol. The van der Waals surface area contributed by atoms with E-state index in [0.717, 1.165) is 96.3 Å². The SMILES string of the molecule is CC/C=C\C/C=C\C/C=C\C/C=C\CCCCCCCCC(=O)OC(COC(=O)CCCCCCCCCCCCCCCC)COC(=O)CCCCCCCCCCCCCCCCCCCCC/C=C\CCCCCCCCCC. The van der Waals surface area contributed by atoms with Gasteiger partial charge in [-0.25, -0.2) is 0 Å². The van der Waals surface area contributed by atoms with Gasteiger partial charge in [0.1, 0.15) is 13.2 Å². The van der Waals surface area contributed by atoms with Crippen molar-refractivity contribution in [2.45, 2.75) is 393 Å². The first-order valence-corrected chi connectivity index (χ1v) is 36.3. The van der Waals surface area contributed by atoms with Crippen LogP contribution in [0.5, 0.6) is 0 Å². The summed E-state index contributed by atoms with van der Waals surface area (Å²) in [4.78, 5) is 38.4. The van der Waals surface area contributed by atoms with Crippen LogP contribution < -0.4 is 0 Å². The van der Waals surface area contributed by atoms with Gasteiger partial charge in [-0.05, 0) is 83.5 Å². The predicted molar refractivity (Wildman–Crippen MR) is 358 cm³/mol. The van der Waals surface area contributed by atoms with Gasteiger partial charge in [0.15, 0.2) is 6.10 Å². The number of carbonyl (C=O) groups is 3. The number of carbonyl (C=O) groups excluding carboxylic acids is 3. The van der Waals surface area contributed by atoms with E-state index in [2.05, 4.69) is 81.5 Å². The van der Waals surface area contributed by atoms with Gasteiger partial charge in [0, 0.05) is 19.3 Å². The molecule has 0 N–H and O–H groups in total. The first kappa shape index (κ1) is 79.1. The maximum atomic E-state index is 12.9. The van der Waals surface area contributed by atoms with Crippen molar-refractivity contribution in [3.63, 3.8) is 0 Å². The van der Waals surface area contributed by atoms with Gasteiger partial charge in [-0.1, -0.05) is 345 Å². The zero-order chi connectivity index (χ0) is 59.2. The highest BCUT2D eigenvalue weighted by Gasteiger charge is 2.19. The van der Waals surface area contributed by atoms with Crippen LogP contribution >= 0.6 is 0 Å². The molecule has 0 amide bonds. The van der Waals surface area contributed by atoms with Crippen LogP contribution in [0.4, 0.5) is 0 Å². The fraction of sp³-hybridized carbons (Fsp3) is 0.829. The minimum Gasteiger partial charge on any atom is -0.462 e. The van der Waals surface area contributed by atoms with Crippen molar-refractivity contribution in [2.24, 2.45) is 0 Å². The molecule has 82 heavy (non-hydrogen) atoms. The molecule has 0 aliphatic rings. The average molecular weight is 1150 g/mol. The number of rotatable bonds is 67. The van der Waals surface area contributed by atoms with Crippen molar-refractivity contribution in [1.29, 1.82) is 0 Å². The molecule has 0 spiro atoms. The van der Waals surface area contributed by atoms with E-state index in [4.69, 9.17) is 14.2 Å². The minimum atomic E-state index is -0.781. The molecule has 0 aromatic heterocycles. The van der Waals surface area contributed by atoms with Gasteiger partial charge in [0.05, 0.1) is 0 Å². The molecule has 0 radical (unpaired) electrons. The molecule has 0 aliphatic heterocycles. The summed E-state index contributed by atoms with van der Waals surface area (Å²) in [6.07, 6.45) is 91.2. The predicted octanol–water partition coefficient (Wildman–Crippen LogP) is 25.1. The molecule has 0 aromatic rings. The molecule has 1 atom stereocenters. The smallest absolute Gasteiger partial charge is 0.306 e. The molecular formula is C76H138O6. The molecule has 1 unspecified atom stereocenters. The third-order valence-electron chi connectivity index (χ3n) is 16.3. The van der Waals surface area contributed by atoms with Gasteiger partial charge >= 0.3 is 17.9 Å². The van der Waals surface area contributed by atoms with E-state index in [0.29, 0.717) is 19.3 Å². The number of allylic oxidation sites excluding steroid dienone is 10. The Kier molecular flexibility index (Phi) is 68.1. The molecule has 0 saturated carbocycles. The summed E-state index contributed by atoms with van der Waals surface area (Å²) in [5, 5.41) is 0. The van der Waals surface area contributed by atoms with Crippen LogP contribution in [-0.4, -0.2) is 37.2 Å². The molecule has 0 aliphatic carbocycles. The van der Waals surface area contributed by atoms with Crippen molar-refractivity contribution in [2.75, 3.05) is 13.2 Å². The van der Waals surface area contributed by atoms with Crippen molar-refractivity contribution in [3.8, 4) is 0 Å². The first-order valence-electron chi connectivity index (χ1n) is 36.3. The van der Waals surface area contributed by atoms with E-state index >= 15 is 0 Å². The van der Waals surface area contributed by atoms with E-state index in [1.165, 1.54) is 250 Å². The summed E-state index contributed by atoms with van der Waals surface area (Å²) >= 11 is 0. The summed E-state index contributed by atoms with van der Waals surface area (Å²) < 4.78 is 17.0. The standard InChI is InChI=1S/C76H138O6/c1-4-7-10-13-16-19-22-25-28-30-32-33-34-35-36-37-38-39-40-41-42-43-45-46-48-51-54-57-60-63-66-69-75(78)81-72-73(71-80-74(77)68-65-62-59-56-53-50-27-24-21-18-15-12-9-6-3)82-76(79)70-67-64-61-58-55-52-49-47-44-31-29-26-23-20-17-14-11-8-5-2/h8,11,17,20,26,29-30,32,44,47,73H,4-7,9-10,12-16,18-19,21-25,27-28,31,33-43,45-46,48-72H2,1-3H3/b11-8-,20-17-,29-26-,32-30-,47-44-. The summed E-state index contributed by atoms with van der Waals surface area (Å²) in [5.41, 5.74) is 0. The molecule has 6 heteroatoms. The maximum Gasteiger partial charge on any atom is 0.306 e. The van der Waals surface area contributed by atoms with Gasteiger partial charge in [-0.2, -0.15) is 0 Å². The highest BCUT2D eigenvalue weighted by Crippen LogP contribution is 2.18. The second-order valence-electron chi connectivity index (χ2n) is 24.5. The van der Waals surface area contributed by atoms with Gasteiger partial charge in [-0.3, -0.25) is 14.4 Å². The highest BCUT2D eigenvalue weighted by atomic mass is 16.6. The molecule has 6 nitrogen and oxygen atoms in total. The Hall–Kier alpha value is -2.89. The third-order valence-corrected chi connectivity index (χ3v) is 16.3. The van der Waals surface area contributed by atoms with Gasteiger partial charge in [0.2, 0.25) is 0 Å². The Balaban J connectivity index is 4.19. The lowest BCUT2D eigenvalue weighted by Gasteiger charge is -2.18. The molecule has 0 rings (SSSR count). The maximum absolute atomic E-state index is 12.9. The molecule has 0 heterocycles. The first-order chi connectivity index (χ1) is 40.5. The second-order valence-corrected chi connectivity index (χ2v) is 24.5. The quantitative estimate of drug-likeness (QED) is 0.0261. The van der Waals surface area contributed by atoms with Crippen LogP contribution in [-0.2, 0) is 28.6 Å². The summed E-state index contributed by atoms with van der Waals surface area (Å²) in [7, 11) is 0. The van der Waals surface area contributed by atoms with E-state index in [-0.39, 0.29) is 31.1 Å². The number of ether oxygens (including phenoxy) is 3. The zero-order valence-corrected chi connectivity index (χ0v) is 55.0. The van der Waals surface area contributed by atoms with Crippen LogP contribution in [0.25, 0.3) is 0 Å². The summed E-state index contributed by atoms with van der Waals surface area (Å²) in [6, 6.07) is 0. The van der Waals surface area contributed by atoms with Crippen LogP contribution in [0.2, 0.25) is 0 Å². The van der Waals surface area contributed by atoms with Crippen LogP contribution in [0.3, 0.4) is 0 Å². The van der Waals surface area contributed by atoms with E-state index in [1.807, 2.05) is 0 Å². The Labute approximate surface area is 510 Å². The van der Waals surface area contributed by atoms with Crippen molar-refractivity contribution in [1.82, 2.24) is 0 Å². The van der Waals surface area contributed by atoms with Crippen LogP contribution in [0, 0.1) is 0 Å². The normalized spacial score (nSPS) is 12.4. The molecule has 0 saturated heterocycles. The molecule has 0 bridgehead atoms. The zero-order valence-electron chi connectivity index (χ0n) is 55.0. The third kappa shape index (κ3) is 67.9. The fourth-order valence-corrected chi connectivity index (χ4v) is 10.8. The van der Waals surface area contributed by atoms with E-state index in [1.54, 1.807) is 0 Å². The van der Waals surface area contributed by atoms with Crippen molar-refractivity contribution < 1.29 is 28.6 Å². The minimum absolute atomic E-state index is 0.0753. The molecular weight excluding hydrogens is 1010 g/mol. The van der Waals surface area contributed by atoms with E-state index in [9.17, 15) is 14.4 Å². The molecule has 0 fully saturated rings. The van der Waals surface area contributed by atoms with Crippen LogP contribution in [0.15, 0.2) is 60.8 Å². The Morgan fingerprint density at radius 3 is 0.756 bits per heavy atom. The Morgan fingerprint density at radius 1 is 0.256 bits per heavy atom. The topological polar surface area (TPSA) is 78.9 Å². The highest BCUT2D eigenvalue weighted by molar-refractivity contribution is 5.71.